The Kier molecular flexibility index (Phi) is 3.62. The van der Waals surface area contributed by atoms with E-state index in [1.807, 2.05) is 6.92 Å². The monoisotopic (exact) mass is 210 g/mol. The maximum Gasteiger partial charge on any atom is 0.310 e. The van der Waals surface area contributed by atoms with Gasteiger partial charge in [-0.15, -0.1) is 0 Å². The first-order chi connectivity index (χ1) is 7.00. The lowest BCUT2D eigenvalue weighted by atomic mass is 10.1. The van der Waals surface area contributed by atoms with E-state index in [0.717, 1.165) is 12.0 Å². The maximum absolute atomic E-state index is 10.5. The van der Waals surface area contributed by atoms with Crippen LogP contribution in [0.2, 0.25) is 0 Å². The summed E-state index contributed by atoms with van der Waals surface area (Å²) in [5, 5.41) is 19.7. The molecular weight excluding hydrogens is 196 g/mol. The molecule has 1 aromatic carbocycles. The van der Waals surface area contributed by atoms with Gasteiger partial charge in [-0.2, -0.15) is 0 Å². The van der Waals surface area contributed by atoms with Gasteiger partial charge in [-0.1, -0.05) is 6.07 Å². The molecule has 3 N–H and O–H groups in total. The molecule has 1 unspecified atom stereocenters. The highest BCUT2D eigenvalue weighted by Gasteiger charge is 2.13. The van der Waals surface area contributed by atoms with Crippen LogP contribution in [-0.4, -0.2) is 16.1 Å². The highest BCUT2D eigenvalue weighted by molar-refractivity contribution is 5.47. The fourth-order valence-electron chi connectivity index (χ4n) is 1.27. The number of nitrogens with two attached hydrogens (primary N) is 1. The number of hydrogen-bond acceptors (Lipinski definition) is 4. The number of phenolic OH excluding ortho intramolecular Hbond substituents is 1. The van der Waals surface area contributed by atoms with Gasteiger partial charge >= 0.3 is 5.69 Å². The lowest BCUT2D eigenvalue weighted by Crippen LogP contribution is -2.15. The third kappa shape index (κ3) is 3.21. The van der Waals surface area contributed by atoms with Gasteiger partial charge in [-0.05, 0) is 31.4 Å². The quantitative estimate of drug-likeness (QED) is 0.583. The second-order valence-electron chi connectivity index (χ2n) is 3.60. The molecule has 0 fully saturated rings. The molecule has 1 rings (SSSR count). The standard InChI is InChI=1S/C10H14N2O3/c1-7(11)2-3-8-4-5-10(13)9(6-8)12(14)15/h4-7,13H,2-3,11H2,1H3. The minimum Gasteiger partial charge on any atom is -0.502 e. The summed E-state index contributed by atoms with van der Waals surface area (Å²) in [4.78, 5) is 9.94. The second kappa shape index (κ2) is 4.75. The molecule has 15 heavy (non-hydrogen) atoms. The van der Waals surface area contributed by atoms with Gasteiger partial charge in [-0.25, -0.2) is 0 Å². The zero-order valence-electron chi connectivity index (χ0n) is 8.51. The van der Waals surface area contributed by atoms with Crippen molar-refractivity contribution in [2.75, 3.05) is 0 Å². The second-order valence-corrected chi connectivity index (χ2v) is 3.60. The molecule has 0 heterocycles. The van der Waals surface area contributed by atoms with E-state index < -0.39 is 4.92 Å². The molecule has 0 aliphatic heterocycles. The number of aryl methyl sites for hydroxylation is 1. The summed E-state index contributed by atoms with van der Waals surface area (Å²) in [7, 11) is 0. The van der Waals surface area contributed by atoms with Crippen LogP contribution in [-0.2, 0) is 6.42 Å². The van der Waals surface area contributed by atoms with Crippen molar-refractivity contribution in [1.29, 1.82) is 0 Å². The predicted octanol–water partition coefficient (Wildman–Crippen LogP) is 1.58. The minimum atomic E-state index is -0.593. The van der Waals surface area contributed by atoms with Crippen molar-refractivity contribution in [3.8, 4) is 5.75 Å². The Balaban J connectivity index is 2.83. The van der Waals surface area contributed by atoms with Gasteiger partial charge in [0.25, 0.3) is 0 Å². The van der Waals surface area contributed by atoms with Crippen molar-refractivity contribution < 1.29 is 10.0 Å². The summed E-state index contributed by atoms with van der Waals surface area (Å²) in [6.45, 7) is 1.88. The predicted molar refractivity (Wildman–Crippen MR) is 56.7 cm³/mol. The molecule has 0 spiro atoms. The summed E-state index contributed by atoms with van der Waals surface area (Å²) >= 11 is 0. The van der Waals surface area contributed by atoms with Crippen LogP contribution in [0.25, 0.3) is 0 Å². The molecule has 82 valence electrons. The topological polar surface area (TPSA) is 89.4 Å². The zero-order valence-corrected chi connectivity index (χ0v) is 8.51. The highest BCUT2D eigenvalue weighted by Crippen LogP contribution is 2.26. The fourth-order valence-corrected chi connectivity index (χ4v) is 1.27. The molecule has 0 aromatic heterocycles. The van der Waals surface area contributed by atoms with Gasteiger partial charge in [0.05, 0.1) is 4.92 Å². The number of phenols is 1. The van der Waals surface area contributed by atoms with E-state index >= 15 is 0 Å². The first kappa shape index (κ1) is 11.5. The summed E-state index contributed by atoms with van der Waals surface area (Å²) in [5.74, 6) is -0.301. The van der Waals surface area contributed by atoms with E-state index in [0.29, 0.717) is 6.42 Å². The number of benzene rings is 1. The molecule has 5 heteroatoms. The normalized spacial score (nSPS) is 12.4. The maximum atomic E-state index is 10.5. The lowest BCUT2D eigenvalue weighted by Gasteiger charge is -2.05. The molecular formula is C10H14N2O3. The Hall–Kier alpha value is -1.62. The van der Waals surface area contributed by atoms with Crippen LogP contribution in [0.3, 0.4) is 0 Å². The summed E-state index contributed by atoms with van der Waals surface area (Å²) < 4.78 is 0. The third-order valence-corrected chi connectivity index (χ3v) is 2.12. The Morgan fingerprint density at radius 2 is 2.27 bits per heavy atom. The summed E-state index contributed by atoms with van der Waals surface area (Å²) in [6, 6.07) is 4.47. The number of nitro groups is 1. The average Bonchev–Trinajstić information content (AvgIpc) is 2.16. The Morgan fingerprint density at radius 3 is 2.80 bits per heavy atom. The molecule has 5 nitrogen and oxygen atoms in total. The average molecular weight is 210 g/mol. The van der Waals surface area contributed by atoms with E-state index in [4.69, 9.17) is 5.73 Å². The van der Waals surface area contributed by atoms with Crippen LogP contribution in [0.4, 0.5) is 5.69 Å². The van der Waals surface area contributed by atoms with Crippen LogP contribution in [0.1, 0.15) is 18.9 Å². The Bertz CT molecular complexity index is 364. The highest BCUT2D eigenvalue weighted by atomic mass is 16.6. The van der Waals surface area contributed by atoms with Crippen molar-refractivity contribution in [2.24, 2.45) is 5.73 Å². The fraction of sp³-hybridized carbons (Fsp3) is 0.400. The number of hydrogen-bond donors (Lipinski definition) is 2. The zero-order chi connectivity index (χ0) is 11.4. The van der Waals surface area contributed by atoms with Gasteiger partial charge < -0.3 is 10.8 Å². The molecule has 0 bridgehead atoms. The Labute approximate surface area is 87.7 Å². The molecule has 1 atom stereocenters. The smallest absolute Gasteiger partial charge is 0.310 e. The van der Waals surface area contributed by atoms with Gasteiger partial charge in [0.1, 0.15) is 0 Å². The first-order valence-corrected chi connectivity index (χ1v) is 4.72. The largest absolute Gasteiger partial charge is 0.502 e. The number of nitrogens with zero attached hydrogens (tertiary/aromatic N) is 1. The molecule has 0 radical (unpaired) electrons. The summed E-state index contributed by atoms with van der Waals surface area (Å²) in [6.07, 6.45) is 1.45. The molecule has 0 saturated carbocycles. The van der Waals surface area contributed by atoms with E-state index in [1.54, 1.807) is 6.07 Å². The van der Waals surface area contributed by atoms with E-state index in [2.05, 4.69) is 0 Å². The number of rotatable bonds is 4. The van der Waals surface area contributed by atoms with Gasteiger partial charge in [-0.3, -0.25) is 10.1 Å². The van der Waals surface area contributed by atoms with Gasteiger partial charge in [0.2, 0.25) is 0 Å². The first-order valence-electron chi connectivity index (χ1n) is 4.72. The van der Waals surface area contributed by atoms with Crippen molar-refractivity contribution in [3.63, 3.8) is 0 Å². The van der Waals surface area contributed by atoms with Crippen molar-refractivity contribution >= 4 is 5.69 Å². The van der Waals surface area contributed by atoms with Gasteiger partial charge in [0, 0.05) is 12.1 Å². The van der Waals surface area contributed by atoms with Crippen LogP contribution >= 0.6 is 0 Å². The van der Waals surface area contributed by atoms with Crippen LogP contribution in [0, 0.1) is 10.1 Å². The van der Waals surface area contributed by atoms with Crippen LogP contribution in [0.5, 0.6) is 5.75 Å². The molecule has 0 saturated heterocycles. The van der Waals surface area contributed by atoms with Crippen LogP contribution in [0.15, 0.2) is 18.2 Å². The van der Waals surface area contributed by atoms with Gasteiger partial charge in [0.15, 0.2) is 5.75 Å². The molecule has 0 aliphatic carbocycles. The van der Waals surface area contributed by atoms with Crippen molar-refractivity contribution in [1.82, 2.24) is 0 Å². The third-order valence-electron chi connectivity index (χ3n) is 2.12. The Morgan fingerprint density at radius 1 is 1.60 bits per heavy atom. The van der Waals surface area contributed by atoms with Crippen molar-refractivity contribution in [3.05, 3.63) is 33.9 Å². The SMILES string of the molecule is CC(N)CCc1ccc(O)c([N+](=O)[O-])c1. The van der Waals surface area contributed by atoms with E-state index in [9.17, 15) is 15.2 Å². The summed E-state index contributed by atoms with van der Waals surface area (Å²) in [5.41, 5.74) is 6.15. The molecule has 0 amide bonds. The lowest BCUT2D eigenvalue weighted by molar-refractivity contribution is -0.385. The van der Waals surface area contributed by atoms with E-state index in [1.165, 1.54) is 12.1 Å². The van der Waals surface area contributed by atoms with E-state index in [-0.39, 0.29) is 17.5 Å². The van der Waals surface area contributed by atoms with Crippen LogP contribution < -0.4 is 5.73 Å². The number of aromatic hydroxyl groups is 1. The molecule has 1 aromatic rings. The number of nitro benzene ring substituents is 1. The minimum absolute atomic E-state index is 0.0675. The van der Waals surface area contributed by atoms with Crippen molar-refractivity contribution in [2.45, 2.75) is 25.8 Å². The molecule has 0 aliphatic rings.